The SMILES string of the molecule is Cc1ccccc1CN1CCCc2ccccc21. The average Bonchev–Trinajstić information content (AvgIpc) is 2.42. The molecule has 0 unspecified atom stereocenters. The molecule has 2 aromatic rings. The van der Waals surface area contributed by atoms with E-state index >= 15 is 0 Å². The van der Waals surface area contributed by atoms with E-state index in [4.69, 9.17) is 0 Å². The van der Waals surface area contributed by atoms with E-state index in [1.807, 2.05) is 0 Å². The topological polar surface area (TPSA) is 3.24 Å². The van der Waals surface area contributed by atoms with Crippen molar-refractivity contribution in [2.24, 2.45) is 0 Å². The van der Waals surface area contributed by atoms with Crippen LogP contribution in [0.4, 0.5) is 5.69 Å². The highest BCUT2D eigenvalue weighted by atomic mass is 15.1. The lowest BCUT2D eigenvalue weighted by Crippen LogP contribution is -2.28. The number of aryl methyl sites for hydroxylation is 2. The first kappa shape index (κ1) is 11.3. The Balaban J connectivity index is 1.89. The monoisotopic (exact) mass is 237 g/mol. The number of anilines is 1. The van der Waals surface area contributed by atoms with E-state index in [0.717, 1.165) is 6.54 Å². The number of fused-ring (bicyclic) bond motifs is 1. The van der Waals surface area contributed by atoms with Crippen molar-refractivity contribution in [1.29, 1.82) is 0 Å². The number of para-hydroxylation sites is 1. The number of hydrogen-bond donors (Lipinski definition) is 0. The van der Waals surface area contributed by atoms with Gasteiger partial charge >= 0.3 is 0 Å². The summed E-state index contributed by atoms with van der Waals surface area (Å²) in [7, 11) is 0. The third kappa shape index (κ3) is 2.13. The molecule has 0 bridgehead atoms. The second kappa shape index (κ2) is 4.85. The summed E-state index contributed by atoms with van der Waals surface area (Å²) in [4.78, 5) is 2.52. The summed E-state index contributed by atoms with van der Waals surface area (Å²) >= 11 is 0. The Kier molecular flexibility index (Phi) is 3.06. The second-order valence-corrected chi connectivity index (χ2v) is 5.08. The molecule has 0 amide bonds. The third-order valence-electron chi connectivity index (χ3n) is 3.83. The highest BCUT2D eigenvalue weighted by molar-refractivity contribution is 5.55. The molecular formula is C17H19N. The summed E-state index contributed by atoms with van der Waals surface area (Å²) in [5.41, 5.74) is 5.75. The summed E-state index contributed by atoms with van der Waals surface area (Å²) in [5.74, 6) is 0. The summed E-state index contributed by atoms with van der Waals surface area (Å²) in [5, 5.41) is 0. The molecule has 0 saturated carbocycles. The zero-order chi connectivity index (χ0) is 12.4. The van der Waals surface area contributed by atoms with E-state index in [0.29, 0.717) is 0 Å². The molecule has 0 aromatic heterocycles. The number of benzene rings is 2. The molecule has 0 saturated heterocycles. The molecular weight excluding hydrogens is 218 g/mol. The van der Waals surface area contributed by atoms with Gasteiger partial charge in [-0.15, -0.1) is 0 Å². The van der Waals surface area contributed by atoms with Crippen LogP contribution in [0.5, 0.6) is 0 Å². The van der Waals surface area contributed by atoms with Crippen LogP contribution in [0.15, 0.2) is 48.5 Å². The Morgan fingerprint density at radius 3 is 2.67 bits per heavy atom. The molecule has 1 heterocycles. The van der Waals surface area contributed by atoms with Crippen LogP contribution in [0.25, 0.3) is 0 Å². The molecule has 0 N–H and O–H groups in total. The average molecular weight is 237 g/mol. The van der Waals surface area contributed by atoms with Gasteiger partial charge in [-0.2, -0.15) is 0 Å². The minimum atomic E-state index is 1.03. The van der Waals surface area contributed by atoms with Crippen LogP contribution < -0.4 is 4.90 Å². The second-order valence-electron chi connectivity index (χ2n) is 5.08. The van der Waals surface area contributed by atoms with E-state index in [1.54, 1.807) is 0 Å². The van der Waals surface area contributed by atoms with Gasteiger partial charge in [-0.25, -0.2) is 0 Å². The third-order valence-corrected chi connectivity index (χ3v) is 3.83. The van der Waals surface area contributed by atoms with Crippen molar-refractivity contribution in [3.05, 3.63) is 65.2 Å². The van der Waals surface area contributed by atoms with Crippen molar-refractivity contribution in [3.8, 4) is 0 Å². The summed E-state index contributed by atoms with van der Waals surface area (Å²) in [6.45, 7) is 4.40. The number of nitrogens with zero attached hydrogens (tertiary/aromatic N) is 1. The van der Waals surface area contributed by atoms with Crippen LogP contribution in [0, 0.1) is 6.92 Å². The first-order valence-corrected chi connectivity index (χ1v) is 6.72. The largest absolute Gasteiger partial charge is 0.367 e. The van der Waals surface area contributed by atoms with Gasteiger partial charge in [0.15, 0.2) is 0 Å². The van der Waals surface area contributed by atoms with Crippen molar-refractivity contribution in [1.82, 2.24) is 0 Å². The molecule has 0 spiro atoms. The van der Waals surface area contributed by atoms with Crippen LogP contribution in [-0.2, 0) is 13.0 Å². The molecule has 3 rings (SSSR count). The minimum absolute atomic E-state index is 1.03. The maximum Gasteiger partial charge on any atom is 0.0432 e. The van der Waals surface area contributed by atoms with Crippen LogP contribution in [0.1, 0.15) is 23.1 Å². The lowest BCUT2D eigenvalue weighted by molar-refractivity contribution is 0.690. The van der Waals surface area contributed by atoms with Gasteiger partial charge in [-0.05, 0) is 42.5 Å². The fourth-order valence-electron chi connectivity index (χ4n) is 2.77. The minimum Gasteiger partial charge on any atom is -0.367 e. The highest BCUT2D eigenvalue weighted by Gasteiger charge is 2.16. The van der Waals surface area contributed by atoms with E-state index in [-0.39, 0.29) is 0 Å². The lowest BCUT2D eigenvalue weighted by atomic mass is 10.0. The molecule has 18 heavy (non-hydrogen) atoms. The molecule has 1 heteroatoms. The standard InChI is InChI=1S/C17H19N/c1-14-7-2-3-9-16(14)13-18-12-6-10-15-8-4-5-11-17(15)18/h2-5,7-9,11H,6,10,12-13H2,1H3. The fourth-order valence-corrected chi connectivity index (χ4v) is 2.77. The normalized spacial score (nSPS) is 14.4. The van der Waals surface area contributed by atoms with Gasteiger partial charge in [0.2, 0.25) is 0 Å². The Labute approximate surface area is 109 Å². The maximum atomic E-state index is 2.52. The maximum absolute atomic E-state index is 2.52. The highest BCUT2D eigenvalue weighted by Crippen LogP contribution is 2.28. The van der Waals surface area contributed by atoms with Crippen LogP contribution in [0.2, 0.25) is 0 Å². The first-order chi connectivity index (χ1) is 8.84. The van der Waals surface area contributed by atoms with Gasteiger partial charge in [-0.3, -0.25) is 0 Å². The van der Waals surface area contributed by atoms with E-state index in [9.17, 15) is 0 Å². The number of rotatable bonds is 2. The van der Waals surface area contributed by atoms with Crippen molar-refractivity contribution in [2.75, 3.05) is 11.4 Å². The Morgan fingerprint density at radius 1 is 1.00 bits per heavy atom. The Hall–Kier alpha value is -1.76. The van der Waals surface area contributed by atoms with E-state index in [1.165, 1.54) is 41.8 Å². The molecule has 1 aliphatic rings. The molecule has 0 fully saturated rings. The van der Waals surface area contributed by atoms with Crippen LogP contribution in [-0.4, -0.2) is 6.54 Å². The zero-order valence-electron chi connectivity index (χ0n) is 10.9. The first-order valence-electron chi connectivity index (χ1n) is 6.72. The van der Waals surface area contributed by atoms with Crippen molar-refractivity contribution < 1.29 is 0 Å². The van der Waals surface area contributed by atoms with Gasteiger partial charge in [0, 0.05) is 18.8 Å². The molecule has 92 valence electrons. The molecule has 1 nitrogen and oxygen atoms in total. The predicted molar refractivity (Wildman–Crippen MR) is 77.0 cm³/mol. The number of hydrogen-bond acceptors (Lipinski definition) is 1. The van der Waals surface area contributed by atoms with Gasteiger partial charge in [0.1, 0.15) is 0 Å². The molecule has 1 aliphatic heterocycles. The summed E-state index contributed by atoms with van der Waals surface area (Å²) < 4.78 is 0. The Bertz CT molecular complexity index is 545. The molecule has 0 radical (unpaired) electrons. The van der Waals surface area contributed by atoms with Crippen molar-refractivity contribution in [3.63, 3.8) is 0 Å². The van der Waals surface area contributed by atoms with Gasteiger partial charge in [0.25, 0.3) is 0 Å². The molecule has 0 aliphatic carbocycles. The van der Waals surface area contributed by atoms with Gasteiger partial charge in [0.05, 0.1) is 0 Å². The van der Waals surface area contributed by atoms with Gasteiger partial charge < -0.3 is 4.90 Å². The van der Waals surface area contributed by atoms with Gasteiger partial charge in [-0.1, -0.05) is 42.5 Å². The zero-order valence-corrected chi connectivity index (χ0v) is 10.9. The Morgan fingerprint density at radius 2 is 1.78 bits per heavy atom. The summed E-state index contributed by atoms with van der Waals surface area (Å²) in [6, 6.07) is 17.5. The molecule has 2 aromatic carbocycles. The lowest BCUT2D eigenvalue weighted by Gasteiger charge is -2.31. The van der Waals surface area contributed by atoms with E-state index < -0.39 is 0 Å². The smallest absolute Gasteiger partial charge is 0.0432 e. The summed E-state index contributed by atoms with van der Waals surface area (Å²) in [6.07, 6.45) is 2.49. The van der Waals surface area contributed by atoms with Crippen molar-refractivity contribution in [2.45, 2.75) is 26.3 Å². The van der Waals surface area contributed by atoms with E-state index in [2.05, 4.69) is 60.4 Å². The van der Waals surface area contributed by atoms with Crippen LogP contribution >= 0.6 is 0 Å². The fraction of sp³-hybridized carbons (Fsp3) is 0.294. The predicted octanol–water partition coefficient (Wildman–Crippen LogP) is 3.95. The van der Waals surface area contributed by atoms with Crippen molar-refractivity contribution >= 4 is 5.69 Å². The quantitative estimate of drug-likeness (QED) is 0.764. The van der Waals surface area contributed by atoms with Crippen LogP contribution in [0.3, 0.4) is 0 Å². The molecule has 0 atom stereocenters.